The third-order valence-corrected chi connectivity index (χ3v) is 7.18. The Morgan fingerprint density at radius 1 is 1.18 bits per heavy atom. The average molecular weight is 500 g/mol. The molecule has 1 aromatic heterocycles. The first-order valence-corrected chi connectivity index (χ1v) is 12.6. The Balaban J connectivity index is 1.57. The van der Waals surface area contributed by atoms with Crippen LogP contribution in [-0.4, -0.2) is 31.5 Å². The fraction of sp³-hybridized carbons (Fsp3) is 0.360. The zero-order valence-electron chi connectivity index (χ0n) is 19.5. The summed E-state index contributed by atoms with van der Waals surface area (Å²) in [6.07, 6.45) is 8.34. The standard InChI is InChI=1S/C25H27ClFN5OS/c1-4-5-6-7-8-9-22-30-32-23(28)19(24(33)29-25(32)34-22)13-17-12-15(2)31(16(17)3)18-10-11-21(27)20(26)14-18/h10-14,28H,4-9H2,1-3H3. The van der Waals surface area contributed by atoms with E-state index in [9.17, 15) is 9.18 Å². The monoisotopic (exact) mass is 499 g/mol. The number of halogens is 2. The number of nitrogens with zero attached hydrogens (tertiary/aromatic N) is 4. The topological polar surface area (TPSA) is 73.8 Å². The number of hydrogen-bond acceptors (Lipinski definition) is 4. The number of benzene rings is 1. The third kappa shape index (κ3) is 4.88. The van der Waals surface area contributed by atoms with Gasteiger partial charge >= 0.3 is 0 Å². The molecule has 2 aliphatic rings. The lowest BCUT2D eigenvalue weighted by molar-refractivity contribution is -0.114. The van der Waals surface area contributed by atoms with Gasteiger partial charge in [0.25, 0.3) is 5.91 Å². The molecule has 0 spiro atoms. The predicted octanol–water partition coefficient (Wildman–Crippen LogP) is 6.87. The molecule has 0 bridgehead atoms. The molecule has 9 heteroatoms. The van der Waals surface area contributed by atoms with Crippen LogP contribution in [0.15, 0.2) is 39.9 Å². The van der Waals surface area contributed by atoms with Crippen molar-refractivity contribution in [2.45, 2.75) is 59.3 Å². The number of carbonyl (C=O) groups is 1. The van der Waals surface area contributed by atoms with E-state index in [1.165, 1.54) is 42.1 Å². The lowest BCUT2D eigenvalue weighted by Crippen LogP contribution is -2.35. The van der Waals surface area contributed by atoms with Crippen molar-refractivity contribution in [1.29, 1.82) is 5.41 Å². The SMILES string of the molecule is CCCCCCCC1=NN2C(=N)C(=Cc3cc(C)n(-c4ccc(F)c(Cl)c4)c3C)C(=O)N=C2S1. The minimum atomic E-state index is -0.477. The number of hydrazone groups is 1. The van der Waals surface area contributed by atoms with Crippen LogP contribution in [0.1, 0.15) is 62.4 Å². The Labute approximate surface area is 208 Å². The van der Waals surface area contributed by atoms with Gasteiger partial charge < -0.3 is 4.57 Å². The van der Waals surface area contributed by atoms with Crippen LogP contribution in [0.4, 0.5) is 4.39 Å². The smallest absolute Gasteiger partial charge is 0.283 e. The van der Waals surface area contributed by atoms with Gasteiger partial charge in [-0.25, -0.2) is 4.39 Å². The first-order chi connectivity index (χ1) is 16.3. The Morgan fingerprint density at radius 3 is 2.68 bits per heavy atom. The summed E-state index contributed by atoms with van der Waals surface area (Å²) in [5.41, 5.74) is 3.42. The maximum atomic E-state index is 13.6. The zero-order valence-corrected chi connectivity index (χ0v) is 21.1. The second-order valence-electron chi connectivity index (χ2n) is 8.44. The Bertz CT molecular complexity index is 1250. The van der Waals surface area contributed by atoms with Crippen molar-refractivity contribution in [3.05, 3.63) is 57.6 Å². The Kier molecular flexibility index (Phi) is 7.38. The summed E-state index contributed by atoms with van der Waals surface area (Å²) in [5.74, 6) is -0.898. The van der Waals surface area contributed by atoms with E-state index in [0.29, 0.717) is 5.17 Å². The number of unbranched alkanes of at least 4 members (excludes halogenated alkanes) is 4. The molecule has 2 aromatic rings. The van der Waals surface area contributed by atoms with Crippen LogP contribution in [0.2, 0.25) is 5.02 Å². The van der Waals surface area contributed by atoms with E-state index in [2.05, 4.69) is 17.0 Å². The normalized spacial score (nSPS) is 16.9. The van der Waals surface area contributed by atoms with E-state index < -0.39 is 11.7 Å². The van der Waals surface area contributed by atoms with Crippen LogP contribution in [-0.2, 0) is 4.79 Å². The molecular weight excluding hydrogens is 473 g/mol. The molecular formula is C25H27ClFN5OS. The number of carbonyl (C=O) groups excluding carboxylic acids is 1. The molecule has 0 radical (unpaired) electrons. The summed E-state index contributed by atoms with van der Waals surface area (Å²) in [7, 11) is 0. The number of aromatic nitrogens is 1. The van der Waals surface area contributed by atoms with Crippen LogP contribution in [0.3, 0.4) is 0 Å². The predicted molar refractivity (Wildman–Crippen MR) is 139 cm³/mol. The highest BCUT2D eigenvalue weighted by atomic mass is 35.5. The molecule has 0 saturated heterocycles. The van der Waals surface area contributed by atoms with Gasteiger partial charge in [0.2, 0.25) is 5.17 Å². The molecule has 0 saturated carbocycles. The molecule has 1 N–H and O–H groups in total. The molecule has 3 heterocycles. The van der Waals surface area contributed by atoms with Crippen LogP contribution in [0.5, 0.6) is 0 Å². The largest absolute Gasteiger partial charge is 0.318 e. The number of thioether (sulfide) groups is 1. The summed E-state index contributed by atoms with van der Waals surface area (Å²) < 4.78 is 15.6. The molecule has 1 amide bonds. The quantitative estimate of drug-likeness (QED) is 0.318. The molecule has 0 fully saturated rings. The first-order valence-electron chi connectivity index (χ1n) is 11.4. The summed E-state index contributed by atoms with van der Waals surface area (Å²) in [4.78, 5) is 17.0. The van der Waals surface area contributed by atoms with Crippen molar-refractivity contribution in [2.24, 2.45) is 10.1 Å². The van der Waals surface area contributed by atoms with Crippen molar-refractivity contribution < 1.29 is 9.18 Å². The van der Waals surface area contributed by atoms with E-state index >= 15 is 0 Å². The van der Waals surface area contributed by atoms with Crippen molar-refractivity contribution in [3.63, 3.8) is 0 Å². The fourth-order valence-electron chi connectivity index (χ4n) is 4.12. The second-order valence-corrected chi connectivity index (χ2v) is 9.89. The van der Waals surface area contributed by atoms with Crippen LogP contribution < -0.4 is 0 Å². The molecule has 6 nitrogen and oxygen atoms in total. The van der Waals surface area contributed by atoms with Crippen LogP contribution in [0, 0.1) is 25.1 Å². The van der Waals surface area contributed by atoms with E-state index in [4.69, 9.17) is 17.0 Å². The molecule has 4 rings (SSSR count). The maximum absolute atomic E-state index is 13.6. The van der Waals surface area contributed by atoms with Crippen molar-refractivity contribution in [3.8, 4) is 5.69 Å². The van der Waals surface area contributed by atoms with Gasteiger partial charge in [-0.1, -0.05) is 44.2 Å². The molecule has 34 heavy (non-hydrogen) atoms. The number of hydrogen-bond donors (Lipinski definition) is 1. The minimum Gasteiger partial charge on any atom is -0.318 e. The number of amides is 1. The van der Waals surface area contributed by atoms with Crippen molar-refractivity contribution in [1.82, 2.24) is 9.58 Å². The number of aryl methyl sites for hydroxylation is 1. The Hall–Kier alpha value is -2.71. The molecule has 2 aliphatic heterocycles. The summed E-state index contributed by atoms with van der Waals surface area (Å²) in [6, 6.07) is 6.47. The number of amidine groups is 2. The summed E-state index contributed by atoms with van der Waals surface area (Å²) >= 11 is 7.35. The number of fused-ring (bicyclic) bond motifs is 1. The zero-order chi connectivity index (χ0) is 24.4. The molecule has 0 aliphatic carbocycles. The number of aliphatic imine (C=N–C) groups is 1. The van der Waals surface area contributed by atoms with Crippen molar-refractivity contribution >= 4 is 51.4 Å². The van der Waals surface area contributed by atoms with Gasteiger partial charge in [-0.05, 0) is 74.4 Å². The van der Waals surface area contributed by atoms with E-state index in [1.807, 2.05) is 24.5 Å². The lowest BCUT2D eigenvalue weighted by Gasteiger charge is -2.20. The van der Waals surface area contributed by atoms with Gasteiger partial charge in [-0.15, -0.1) is 0 Å². The highest BCUT2D eigenvalue weighted by molar-refractivity contribution is 8.26. The molecule has 1 aromatic carbocycles. The van der Waals surface area contributed by atoms with Gasteiger partial charge in [-0.2, -0.15) is 15.1 Å². The van der Waals surface area contributed by atoms with Gasteiger partial charge in [-0.3, -0.25) is 10.2 Å². The van der Waals surface area contributed by atoms with E-state index in [0.717, 1.165) is 46.9 Å². The maximum Gasteiger partial charge on any atom is 0.283 e. The number of nitrogens with one attached hydrogen (secondary N) is 1. The van der Waals surface area contributed by atoms with E-state index in [-0.39, 0.29) is 16.4 Å². The molecule has 0 atom stereocenters. The summed E-state index contributed by atoms with van der Waals surface area (Å²) in [6.45, 7) is 6.02. The van der Waals surface area contributed by atoms with Gasteiger partial charge in [0.15, 0.2) is 5.84 Å². The molecule has 0 unspecified atom stereocenters. The highest BCUT2D eigenvalue weighted by Crippen LogP contribution is 2.31. The van der Waals surface area contributed by atoms with Crippen LogP contribution in [0.25, 0.3) is 11.8 Å². The van der Waals surface area contributed by atoms with Crippen LogP contribution >= 0.6 is 23.4 Å². The number of rotatable bonds is 8. The molecule has 178 valence electrons. The highest BCUT2D eigenvalue weighted by Gasteiger charge is 2.35. The van der Waals surface area contributed by atoms with Gasteiger partial charge in [0.05, 0.1) is 10.6 Å². The lowest BCUT2D eigenvalue weighted by atomic mass is 10.1. The van der Waals surface area contributed by atoms with Crippen molar-refractivity contribution in [2.75, 3.05) is 0 Å². The summed E-state index contributed by atoms with van der Waals surface area (Å²) in [5, 5.41) is 16.0. The first kappa shape index (κ1) is 24.4. The second kappa shape index (κ2) is 10.3. The van der Waals surface area contributed by atoms with Gasteiger partial charge in [0.1, 0.15) is 10.9 Å². The average Bonchev–Trinajstić information content (AvgIpc) is 3.33. The Morgan fingerprint density at radius 2 is 1.94 bits per heavy atom. The fourth-order valence-corrected chi connectivity index (χ4v) is 5.22. The minimum absolute atomic E-state index is 0.0260. The third-order valence-electron chi connectivity index (χ3n) is 5.92. The van der Waals surface area contributed by atoms with E-state index in [1.54, 1.807) is 18.2 Å². The van der Waals surface area contributed by atoms with Gasteiger partial charge in [0, 0.05) is 17.1 Å².